The SMILES string of the molecule is Cc1ccc2c(C#N)c3cc(/C=C\c4ccc(N(c5ccccc5)c5cccc6ccccc56)cc4)ccc3c(C#N)c2c1. The van der Waals surface area contributed by atoms with Gasteiger partial charge in [-0.25, -0.2) is 0 Å². The van der Waals surface area contributed by atoms with Crippen LogP contribution in [0.4, 0.5) is 17.1 Å². The Balaban J connectivity index is 1.26. The van der Waals surface area contributed by atoms with E-state index in [4.69, 9.17) is 0 Å². The van der Waals surface area contributed by atoms with Crippen LogP contribution in [0.1, 0.15) is 27.8 Å². The van der Waals surface area contributed by atoms with Gasteiger partial charge in [-0.15, -0.1) is 0 Å². The molecule has 0 spiro atoms. The second-order valence-electron chi connectivity index (χ2n) is 10.9. The molecule has 7 aromatic carbocycles. The molecule has 0 heterocycles. The van der Waals surface area contributed by atoms with Gasteiger partial charge in [0.15, 0.2) is 0 Å². The highest BCUT2D eigenvalue weighted by Gasteiger charge is 2.16. The van der Waals surface area contributed by atoms with Crippen molar-refractivity contribution in [2.75, 3.05) is 4.90 Å². The summed E-state index contributed by atoms with van der Waals surface area (Å²) in [5.74, 6) is 0. The molecule has 0 aliphatic rings. The summed E-state index contributed by atoms with van der Waals surface area (Å²) in [6, 6.07) is 50.6. The highest BCUT2D eigenvalue weighted by Crippen LogP contribution is 2.39. The van der Waals surface area contributed by atoms with E-state index in [0.29, 0.717) is 11.1 Å². The summed E-state index contributed by atoms with van der Waals surface area (Å²) in [4.78, 5) is 2.29. The van der Waals surface area contributed by atoms with Crippen LogP contribution in [0, 0.1) is 29.6 Å². The molecule has 0 aliphatic heterocycles. The fourth-order valence-corrected chi connectivity index (χ4v) is 6.04. The molecule has 44 heavy (non-hydrogen) atoms. The van der Waals surface area contributed by atoms with Crippen LogP contribution in [-0.4, -0.2) is 0 Å². The molecule has 206 valence electrons. The van der Waals surface area contributed by atoms with Crippen molar-refractivity contribution in [1.82, 2.24) is 0 Å². The van der Waals surface area contributed by atoms with Crippen LogP contribution < -0.4 is 4.90 Å². The summed E-state index contributed by atoms with van der Waals surface area (Å²) in [5, 5.41) is 25.8. The van der Waals surface area contributed by atoms with Crippen molar-refractivity contribution in [3.05, 3.63) is 161 Å². The van der Waals surface area contributed by atoms with Gasteiger partial charge in [0, 0.05) is 38.3 Å². The Bertz CT molecular complexity index is 2300. The molecular formula is C41H27N3. The van der Waals surface area contributed by atoms with Gasteiger partial charge in [-0.3, -0.25) is 0 Å². The smallest absolute Gasteiger partial charge is 0.100 e. The van der Waals surface area contributed by atoms with Gasteiger partial charge in [-0.2, -0.15) is 10.5 Å². The lowest BCUT2D eigenvalue weighted by atomic mass is 9.91. The molecule has 0 saturated carbocycles. The first-order chi connectivity index (χ1) is 21.6. The van der Waals surface area contributed by atoms with E-state index in [2.05, 4.69) is 120 Å². The lowest BCUT2D eigenvalue weighted by Crippen LogP contribution is -2.10. The largest absolute Gasteiger partial charge is 0.310 e. The van der Waals surface area contributed by atoms with E-state index in [0.717, 1.165) is 55.3 Å². The first-order valence-corrected chi connectivity index (χ1v) is 14.6. The summed E-state index contributed by atoms with van der Waals surface area (Å²) < 4.78 is 0. The molecule has 3 nitrogen and oxygen atoms in total. The number of hydrogen-bond acceptors (Lipinski definition) is 3. The van der Waals surface area contributed by atoms with Crippen molar-refractivity contribution in [2.24, 2.45) is 0 Å². The van der Waals surface area contributed by atoms with E-state index in [-0.39, 0.29) is 0 Å². The number of para-hydroxylation sites is 1. The molecule has 0 aliphatic carbocycles. The van der Waals surface area contributed by atoms with Crippen LogP contribution in [0.15, 0.2) is 133 Å². The van der Waals surface area contributed by atoms with Crippen LogP contribution >= 0.6 is 0 Å². The Morgan fingerprint density at radius 3 is 1.84 bits per heavy atom. The van der Waals surface area contributed by atoms with E-state index < -0.39 is 0 Å². The molecular weight excluding hydrogens is 534 g/mol. The van der Waals surface area contributed by atoms with Crippen LogP contribution in [0.3, 0.4) is 0 Å². The van der Waals surface area contributed by atoms with Crippen molar-refractivity contribution >= 4 is 61.5 Å². The van der Waals surface area contributed by atoms with Gasteiger partial charge in [0.25, 0.3) is 0 Å². The van der Waals surface area contributed by atoms with Gasteiger partial charge in [-0.05, 0) is 59.8 Å². The van der Waals surface area contributed by atoms with Crippen molar-refractivity contribution in [3.63, 3.8) is 0 Å². The highest BCUT2D eigenvalue weighted by molar-refractivity contribution is 6.10. The molecule has 0 bridgehead atoms. The third-order valence-electron chi connectivity index (χ3n) is 8.16. The number of aryl methyl sites for hydroxylation is 1. The van der Waals surface area contributed by atoms with E-state index in [1.165, 1.54) is 10.8 Å². The second-order valence-corrected chi connectivity index (χ2v) is 10.9. The maximum Gasteiger partial charge on any atom is 0.100 e. The predicted molar refractivity (Wildman–Crippen MR) is 183 cm³/mol. The minimum Gasteiger partial charge on any atom is -0.310 e. The zero-order valence-corrected chi connectivity index (χ0v) is 24.2. The summed E-state index contributed by atoms with van der Waals surface area (Å²) in [6.45, 7) is 2.00. The van der Waals surface area contributed by atoms with Crippen molar-refractivity contribution in [3.8, 4) is 12.1 Å². The minimum absolute atomic E-state index is 0.600. The zero-order chi connectivity index (χ0) is 30.0. The van der Waals surface area contributed by atoms with Gasteiger partial charge in [0.1, 0.15) is 12.1 Å². The van der Waals surface area contributed by atoms with E-state index >= 15 is 0 Å². The van der Waals surface area contributed by atoms with Crippen LogP contribution in [0.2, 0.25) is 0 Å². The van der Waals surface area contributed by atoms with E-state index in [1.54, 1.807) is 0 Å². The number of hydrogen-bond donors (Lipinski definition) is 0. The van der Waals surface area contributed by atoms with Crippen LogP contribution in [-0.2, 0) is 0 Å². The van der Waals surface area contributed by atoms with Crippen LogP contribution in [0.25, 0.3) is 44.5 Å². The quantitative estimate of drug-likeness (QED) is 0.155. The molecule has 0 radical (unpaired) electrons. The maximum atomic E-state index is 10.1. The summed E-state index contributed by atoms with van der Waals surface area (Å²) >= 11 is 0. The molecule has 7 aromatic rings. The Labute approximate surface area is 256 Å². The van der Waals surface area contributed by atoms with Gasteiger partial charge < -0.3 is 4.90 Å². The lowest BCUT2D eigenvalue weighted by Gasteiger charge is -2.27. The lowest BCUT2D eigenvalue weighted by molar-refractivity contribution is 1.30. The highest BCUT2D eigenvalue weighted by atomic mass is 15.1. The maximum absolute atomic E-state index is 10.1. The summed E-state index contributed by atoms with van der Waals surface area (Å²) in [5.41, 5.74) is 7.59. The fourth-order valence-electron chi connectivity index (χ4n) is 6.04. The van der Waals surface area contributed by atoms with Gasteiger partial charge in [-0.1, -0.05) is 115 Å². The molecule has 0 N–H and O–H groups in total. The molecule has 3 heteroatoms. The first-order valence-electron chi connectivity index (χ1n) is 14.6. The Morgan fingerprint density at radius 1 is 0.500 bits per heavy atom. The Morgan fingerprint density at radius 2 is 1.09 bits per heavy atom. The van der Waals surface area contributed by atoms with Crippen molar-refractivity contribution in [1.29, 1.82) is 10.5 Å². The molecule has 0 fully saturated rings. The zero-order valence-electron chi connectivity index (χ0n) is 24.2. The molecule has 0 aromatic heterocycles. The number of benzene rings is 7. The van der Waals surface area contributed by atoms with Crippen LogP contribution in [0.5, 0.6) is 0 Å². The van der Waals surface area contributed by atoms with Gasteiger partial charge in [0.05, 0.1) is 16.8 Å². The Hall–Kier alpha value is -6.16. The number of anilines is 3. The molecule has 0 unspecified atom stereocenters. The summed E-state index contributed by atoms with van der Waals surface area (Å²) in [7, 11) is 0. The third kappa shape index (κ3) is 4.74. The monoisotopic (exact) mass is 561 g/mol. The number of nitriles is 2. The van der Waals surface area contributed by atoms with E-state index in [1.807, 2.05) is 49.4 Å². The fraction of sp³-hybridized carbons (Fsp3) is 0.0244. The number of nitrogens with zero attached hydrogens (tertiary/aromatic N) is 3. The first kappa shape index (κ1) is 26.7. The third-order valence-corrected chi connectivity index (χ3v) is 8.16. The molecule has 7 rings (SSSR count). The predicted octanol–water partition coefficient (Wildman–Crippen LogP) is 10.8. The molecule has 0 saturated heterocycles. The van der Waals surface area contributed by atoms with Crippen molar-refractivity contribution < 1.29 is 0 Å². The van der Waals surface area contributed by atoms with Gasteiger partial charge in [0.2, 0.25) is 0 Å². The molecule has 0 amide bonds. The molecule has 0 atom stereocenters. The Kier molecular flexibility index (Phi) is 6.84. The normalized spacial score (nSPS) is 11.2. The standard InChI is InChI=1S/C41H27N3/c1-28-14-22-35-37(24-28)39(26-42)36-23-19-30(25-38(36)40(35)27-43)16-15-29-17-20-33(21-18-29)44(32-10-3-2-4-11-32)41-13-7-9-31-8-5-6-12-34(31)41/h2-25H,1H3/b16-15-. The average Bonchev–Trinajstić information content (AvgIpc) is 3.07. The topological polar surface area (TPSA) is 50.8 Å². The summed E-state index contributed by atoms with van der Waals surface area (Å²) in [6.07, 6.45) is 4.14. The van der Waals surface area contributed by atoms with E-state index in [9.17, 15) is 10.5 Å². The number of rotatable bonds is 5. The minimum atomic E-state index is 0.600. The second kappa shape index (κ2) is 11.3. The van der Waals surface area contributed by atoms with Gasteiger partial charge >= 0.3 is 0 Å². The van der Waals surface area contributed by atoms with Crippen molar-refractivity contribution in [2.45, 2.75) is 6.92 Å². The number of fused-ring (bicyclic) bond motifs is 3. The average molecular weight is 562 g/mol.